The van der Waals surface area contributed by atoms with E-state index in [9.17, 15) is 4.79 Å². The van der Waals surface area contributed by atoms with Crippen LogP contribution in [0.5, 0.6) is 0 Å². The summed E-state index contributed by atoms with van der Waals surface area (Å²) in [6.07, 6.45) is 0. The predicted molar refractivity (Wildman–Crippen MR) is 119 cm³/mol. The number of anilines is 1. The average molecular weight is 427 g/mol. The van der Waals surface area contributed by atoms with Crippen LogP contribution in [-0.4, -0.2) is 10.9 Å². The van der Waals surface area contributed by atoms with Crippen molar-refractivity contribution < 1.29 is 4.79 Å². The van der Waals surface area contributed by atoms with Gasteiger partial charge in [-0.05, 0) is 55.1 Å². The van der Waals surface area contributed by atoms with E-state index in [0.717, 1.165) is 32.6 Å². The zero-order valence-corrected chi connectivity index (χ0v) is 17.5. The summed E-state index contributed by atoms with van der Waals surface area (Å²) in [6.45, 7) is 4.02. The molecule has 2 aromatic heterocycles. The van der Waals surface area contributed by atoms with Crippen LogP contribution in [0.15, 0.2) is 53.9 Å². The van der Waals surface area contributed by atoms with Crippen molar-refractivity contribution in [3.63, 3.8) is 0 Å². The number of hydrogen-bond donors (Lipinski definition) is 1. The molecule has 2 aromatic carbocycles. The number of nitrogens with one attached hydrogen (secondary N) is 1. The van der Waals surface area contributed by atoms with Crippen molar-refractivity contribution in [1.82, 2.24) is 4.98 Å². The second-order valence-electron chi connectivity index (χ2n) is 6.57. The molecule has 4 aromatic rings. The number of pyridine rings is 1. The lowest BCUT2D eigenvalue weighted by atomic mass is 10.0. The van der Waals surface area contributed by atoms with E-state index in [2.05, 4.69) is 11.4 Å². The molecule has 1 amide bonds. The summed E-state index contributed by atoms with van der Waals surface area (Å²) in [5.74, 6) is -0.251. The highest BCUT2D eigenvalue weighted by Crippen LogP contribution is 2.33. The van der Waals surface area contributed by atoms with Gasteiger partial charge in [-0.15, -0.1) is 11.3 Å². The highest BCUT2D eigenvalue weighted by molar-refractivity contribution is 7.13. The van der Waals surface area contributed by atoms with E-state index in [-0.39, 0.29) is 5.91 Å². The van der Waals surface area contributed by atoms with E-state index < -0.39 is 0 Å². The van der Waals surface area contributed by atoms with Gasteiger partial charge in [-0.2, -0.15) is 0 Å². The van der Waals surface area contributed by atoms with Gasteiger partial charge in [0.05, 0.1) is 37.4 Å². The molecule has 0 aliphatic heterocycles. The van der Waals surface area contributed by atoms with Crippen molar-refractivity contribution in [3.8, 4) is 10.6 Å². The Kier molecular flexibility index (Phi) is 5.11. The van der Waals surface area contributed by atoms with Crippen LogP contribution in [-0.2, 0) is 0 Å². The Labute approximate surface area is 177 Å². The first-order valence-electron chi connectivity index (χ1n) is 8.65. The van der Waals surface area contributed by atoms with Gasteiger partial charge >= 0.3 is 0 Å². The number of carbonyl (C=O) groups is 1. The van der Waals surface area contributed by atoms with Crippen LogP contribution in [0.25, 0.3) is 21.5 Å². The summed E-state index contributed by atoms with van der Waals surface area (Å²) in [4.78, 5) is 19.0. The van der Waals surface area contributed by atoms with E-state index in [1.807, 2.05) is 43.5 Å². The van der Waals surface area contributed by atoms with Crippen molar-refractivity contribution in [3.05, 3.63) is 80.6 Å². The fourth-order valence-corrected chi connectivity index (χ4v) is 4.24. The number of amides is 1. The normalized spacial score (nSPS) is 11.0. The molecule has 0 aliphatic rings. The summed E-state index contributed by atoms with van der Waals surface area (Å²) >= 11 is 13.9. The quantitative estimate of drug-likeness (QED) is 0.378. The molecule has 0 bridgehead atoms. The third-order valence-corrected chi connectivity index (χ3v) is 6.18. The summed E-state index contributed by atoms with van der Waals surface area (Å²) in [7, 11) is 0. The molecular formula is C22H16Cl2N2OS. The van der Waals surface area contributed by atoms with Gasteiger partial charge in [0.2, 0.25) is 0 Å². The molecule has 2 heterocycles. The SMILES string of the molecule is Cc1cc(C)c2nc(-c3cccs3)cc(C(=O)Nc3cccc(Cl)c3Cl)c2c1. The predicted octanol–water partition coefficient (Wildman–Crippen LogP) is 7.14. The van der Waals surface area contributed by atoms with Gasteiger partial charge in [0.25, 0.3) is 5.91 Å². The zero-order valence-electron chi connectivity index (χ0n) is 15.2. The smallest absolute Gasteiger partial charge is 0.256 e. The van der Waals surface area contributed by atoms with E-state index in [4.69, 9.17) is 28.2 Å². The van der Waals surface area contributed by atoms with Crippen molar-refractivity contribution in [2.45, 2.75) is 13.8 Å². The van der Waals surface area contributed by atoms with Crippen LogP contribution in [0.1, 0.15) is 21.5 Å². The third-order valence-electron chi connectivity index (χ3n) is 4.47. The second-order valence-corrected chi connectivity index (χ2v) is 8.30. The number of aromatic nitrogens is 1. The summed E-state index contributed by atoms with van der Waals surface area (Å²) in [5.41, 5.74) is 4.73. The lowest BCUT2D eigenvalue weighted by molar-refractivity contribution is 0.102. The molecule has 0 radical (unpaired) electrons. The molecule has 0 saturated heterocycles. The van der Waals surface area contributed by atoms with E-state index in [0.29, 0.717) is 21.3 Å². The van der Waals surface area contributed by atoms with E-state index >= 15 is 0 Å². The van der Waals surface area contributed by atoms with Crippen LogP contribution in [0.2, 0.25) is 10.0 Å². The van der Waals surface area contributed by atoms with Crippen LogP contribution in [0, 0.1) is 13.8 Å². The van der Waals surface area contributed by atoms with Gasteiger partial charge < -0.3 is 5.32 Å². The van der Waals surface area contributed by atoms with Crippen LogP contribution < -0.4 is 5.32 Å². The van der Waals surface area contributed by atoms with Crippen molar-refractivity contribution in [2.75, 3.05) is 5.32 Å². The summed E-state index contributed by atoms with van der Waals surface area (Å²) in [6, 6.07) is 15.0. The molecule has 4 rings (SSSR count). The van der Waals surface area contributed by atoms with Crippen LogP contribution in [0.3, 0.4) is 0 Å². The Hall–Kier alpha value is -2.40. The van der Waals surface area contributed by atoms with Gasteiger partial charge in [-0.1, -0.05) is 47.0 Å². The lowest BCUT2D eigenvalue weighted by Gasteiger charge is -2.13. The average Bonchev–Trinajstić information content (AvgIpc) is 3.19. The Balaban J connectivity index is 1.89. The molecule has 1 N–H and O–H groups in total. The Morgan fingerprint density at radius 2 is 1.89 bits per heavy atom. The number of benzene rings is 2. The van der Waals surface area contributed by atoms with Gasteiger partial charge in [0, 0.05) is 5.39 Å². The first-order valence-corrected chi connectivity index (χ1v) is 10.3. The number of aryl methyl sites for hydroxylation is 2. The molecule has 0 atom stereocenters. The molecule has 0 unspecified atom stereocenters. The molecular weight excluding hydrogens is 411 g/mol. The number of carbonyl (C=O) groups excluding carboxylic acids is 1. The molecule has 0 saturated carbocycles. The Morgan fingerprint density at radius 1 is 1.07 bits per heavy atom. The second kappa shape index (κ2) is 7.55. The molecule has 0 spiro atoms. The third kappa shape index (κ3) is 3.51. The Morgan fingerprint density at radius 3 is 2.64 bits per heavy atom. The Bertz CT molecular complexity index is 1200. The lowest BCUT2D eigenvalue weighted by Crippen LogP contribution is -2.13. The number of halogens is 2. The molecule has 3 nitrogen and oxygen atoms in total. The van der Waals surface area contributed by atoms with E-state index in [1.54, 1.807) is 29.5 Å². The first kappa shape index (κ1) is 18.9. The minimum Gasteiger partial charge on any atom is -0.321 e. The molecule has 6 heteroatoms. The summed E-state index contributed by atoms with van der Waals surface area (Å²) in [5, 5.41) is 6.41. The largest absolute Gasteiger partial charge is 0.321 e. The minimum atomic E-state index is -0.251. The van der Waals surface area contributed by atoms with Crippen molar-refractivity contribution >= 4 is 57.0 Å². The van der Waals surface area contributed by atoms with E-state index in [1.165, 1.54) is 0 Å². The minimum absolute atomic E-state index is 0.251. The number of hydrogen-bond acceptors (Lipinski definition) is 3. The van der Waals surface area contributed by atoms with Crippen molar-refractivity contribution in [1.29, 1.82) is 0 Å². The van der Waals surface area contributed by atoms with Gasteiger partial charge in [-0.3, -0.25) is 4.79 Å². The van der Waals surface area contributed by atoms with Crippen molar-refractivity contribution in [2.24, 2.45) is 0 Å². The van der Waals surface area contributed by atoms with Gasteiger partial charge in [-0.25, -0.2) is 4.98 Å². The number of rotatable bonds is 3. The highest BCUT2D eigenvalue weighted by Gasteiger charge is 2.17. The fourth-order valence-electron chi connectivity index (χ4n) is 3.21. The maximum absolute atomic E-state index is 13.2. The molecule has 140 valence electrons. The first-order chi connectivity index (χ1) is 13.4. The van der Waals surface area contributed by atoms with Crippen LogP contribution >= 0.6 is 34.5 Å². The molecule has 0 fully saturated rings. The van der Waals surface area contributed by atoms with Gasteiger partial charge in [0.1, 0.15) is 0 Å². The zero-order chi connectivity index (χ0) is 19.8. The van der Waals surface area contributed by atoms with Crippen LogP contribution in [0.4, 0.5) is 5.69 Å². The topological polar surface area (TPSA) is 42.0 Å². The maximum Gasteiger partial charge on any atom is 0.256 e. The molecule has 28 heavy (non-hydrogen) atoms. The maximum atomic E-state index is 13.2. The standard InChI is InChI=1S/C22H16Cl2N2OS/c1-12-9-13(2)21-14(10-12)15(11-18(25-21)19-7-4-8-28-19)22(27)26-17-6-3-5-16(23)20(17)24/h3-11H,1-2H3,(H,26,27). The fraction of sp³-hybridized carbons (Fsp3) is 0.0909. The summed E-state index contributed by atoms with van der Waals surface area (Å²) < 4.78 is 0. The number of fused-ring (bicyclic) bond motifs is 1. The number of nitrogens with zero attached hydrogens (tertiary/aromatic N) is 1. The van der Waals surface area contributed by atoms with Gasteiger partial charge in [0.15, 0.2) is 0 Å². The molecule has 0 aliphatic carbocycles. The number of thiophene rings is 1. The highest BCUT2D eigenvalue weighted by atomic mass is 35.5. The monoisotopic (exact) mass is 426 g/mol.